The molecule has 6 aromatic carbocycles. The minimum absolute atomic E-state index is 0.149. The van der Waals surface area contributed by atoms with E-state index in [0.717, 1.165) is 195 Å². The number of nitrogens with two attached hydrogens (primary N) is 2. The number of aryl methyl sites for hydroxylation is 3. The quantitative estimate of drug-likeness (QED) is 0.0336. The third-order valence-corrected chi connectivity index (χ3v) is 20.9. The lowest BCUT2D eigenvalue weighted by atomic mass is 9.89. The molecule has 107 heavy (non-hydrogen) atoms. The zero-order chi connectivity index (χ0) is 76.3. The molecule has 0 fully saturated rings. The first-order valence-corrected chi connectivity index (χ1v) is 40.8. The molecule has 14 nitrogen and oxygen atoms in total. The second-order valence-electron chi connectivity index (χ2n) is 33.2. The highest BCUT2D eigenvalue weighted by molar-refractivity contribution is 6.08. The number of rotatable bonds is 33. The van der Waals surface area contributed by atoms with Gasteiger partial charge in [0.25, 0.3) is 0 Å². The number of imidazole rings is 3. The molecule has 0 aliphatic carbocycles. The van der Waals surface area contributed by atoms with Crippen LogP contribution in [0.25, 0.3) is 65.8 Å². The van der Waals surface area contributed by atoms with Gasteiger partial charge in [0.05, 0.1) is 38.8 Å². The molecule has 0 amide bonds. The van der Waals surface area contributed by atoms with Crippen LogP contribution in [0.2, 0.25) is 0 Å². The van der Waals surface area contributed by atoms with Crippen LogP contribution in [-0.2, 0) is 65.0 Å². The molecule has 12 rings (SSSR count). The summed E-state index contributed by atoms with van der Waals surface area (Å²) in [6.45, 7) is 42.9. The van der Waals surface area contributed by atoms with Crippen molar-refractivity contribution in [1.29, 1.82) is 0 Å². The molecule has 5 N–H and O–H groups in total. The summed E-state index contributed by atoms with van der Waals surface area (Å²) in [5.74, 6) is 4.40. The smallest absolute Gasteiger partial charge is 0.152 e. The van der Waals surface area contributed by atoms with Crippen molar-refractivity contribution >= 4 is 77.4 Å². The monoisotopic (exact) mass is 1440 g/mol. The van der Waals surface area contributed by atoms with Gasteiger partial charge in [-0.15, -0.1) is 0 Å². The molecule has 570 valence electrons. The summed E-state index contributed by atoms with van der Waals surface area (Å²) in [6.07, 6.45) is 20.7. The molecule has 0 atom stereocenters. The fourth-order valence-corrected chi connectivity index (χ4v) is 14.7. The van der Waals surface area contributed by atoms with Crippen LogP contribution in [0.5, 0.6) is 0 Å². The average molecular weight is 1440 g/mol. The largest absolute Gasteiger partial charge is 0.382 e. The normalized spacial score (nSPS) is 12.2. The number of nitrogens with one attached hydrogen (secondary N) is 1. The van der Waals surface area contributed by atoms with Gasteiger partial charge in [-0.3, -0.25) is 14.8 Å². The first-order valence-electron chi connectivity index (χ1n) is 40.8. The fourth-order valence-electron chi connectivity index (χ4n) is 14.7. The number of benzene rings is 6. The number of anilines is 2. The topological polar surface area (TPSA) is 163 Å². The minimum atomic E-state index is 0.149. The van der Waals surface area contributed by atoms with Crippen LogP contribution < -0.4 is 16.8 Å². The van der Waals surface area contributed by atoms with Crippen molar-refractivity contribution in [2.45, 2.75) is 270 Å². The molecule has 0 radical (unpaired) electrons. The zero-order valence-electron chi connectivity index (χ0n) is 68.0. The van der Waals surface area contributed by atoms with Crippen LogP contribution >= 0.6 is 0 Å². The molecule has 0 aliphatic rings. The van der Waals surface area contributed by atoms with Gasteiger partial charge in [-0.05, 0) is 163 Å². The van der Waals surface area contributed by atoms with Crippen LogP contribution in [0.4, 0.5) is 11.6 Å². The fraction of sp³-hybridized carbons (Fsp3) is 0.484. The Bertz CT molecular complexity index is 4770. The molecule has 0 aliphatic heterocycles. The van der Waals surface area contributed by atoms with E-state index in [9.17, 15) is 0 Å². The number of hydrogen-bond donors (Lipinski definition) is 3. The Kier molecular flexibility index (Phi) is 28.8. The van der Waals surface area contributed by atoms with Crippen LogP contribution in [0.1, 0.15) is 250 Å². The number of fused-ring (bicyclic) bond motifs is 9. The number of pyridine rings is 3. The van der Waals surface area contributed by atoms with Crippen LogP contribution in [0.3, 0.4) is 0 Å². The third kappa shape index (κ3) is 21.4. The zero-order valence-corrected chi connectivity index (χ0v) is 68.0. The molecule has 6 aromatic heterocycles. The first kappa shape index (κ1) is 81.0. The lowest BCUT2D eigenvalue weighted by molar-refractivity contribution is 0.125. The van der Waals surface area contributed by atoms with Crippen molar-refractivity contribution in [3.63, 3.8) is 0 Å². The SMILES string of the molecule is CCCCCN(Cc1ccc(Cn2c(CCCC)nc3c(N)nc4ccccc4c32)cc1)C(C)(C)C.CCCCCNCc1ccc(Cn2c(CCCC)nc3c(CC(C)(C)C)nc4ccccc4c32)cc1.CCCCc1nc2c(N)nc3ccccc3c2n1Cc1ccc(CN(CCCC)C(C)(C)C)cc1. The van der Waals surface area contributed by atoms with E-state index in [0.29, 0.717) is 11.6 Å². The van der Waals surface area contributed by atoms with Gasteiger partial charge >= 0.3 is 0 Å². The predicted molar refractivity (Wildman–Crippen MR) is 456 cm³/mol. The third-order valence-electron chi connectivity index (χ3n) is 20.9. The Morgan fingerprint density at radius 3 is 1.07 bits per heavy atom. The summed E-state index contributed by atoms with van der Waals surface area (Å²) in [7, 11) is 0. The van der Waals surface area contributed by atoms with E-state index in [1.165, 1.54) is 101 Å². The van der Waals surface area contributed by atoms with E-state index in [-0.39, 0.29) is 16.5 Å². The van der Waals surface area contributed by atoms with Crippen molar-refractivity contribution in [3.05, 3.63) is 202 Å². The molecule has 0 spiro atoms. The van der Waals surface area contributed by atoms with Gasteiger partial charge in [-0.1, -0.05) is 241 Å². The summed E-state index contributed by atoms with van der Waals surface area (Å²) in [5.41, 5.74) is 31.4. The predicted octanol–water partition coefficient (Wildman–Crippen LogP) is 22.2. The summed E-state index contributed by atoms with van der Waals surface area (Å²) < 4.78 is 7.20. The maximum absolute atomic E-state index is 6.38. The maximum Gasteiger partial charge on any atom is 0.152 e. The van der Waals surface area contributed by atoms with Crippen LogP contribution in [0, 0.1) is 5.41 Å². The maximum atomic E-state index is 6.38. The Hall–Kier alpha value is -8.56. The Labute approximate surface area is 641 Å². The second kappa shape index (κ2) is 38.0. The Balaban J connectivity index is 0.000000172. The van der Waals surface area contributed by atoms with Crippen molar-refractivity contribution in [1.82, 2.24) is 58.7 Å². The van der Waals surface area contributed by atoms with E-state index < -0.39 is 0 Å². The van der Waals surface area contributed by atoms with Gasteiger partial charge in [0.2, 0.25) is 0 Å². The highest BCUT2D eigenvalue weighted by Gasteiger charge is 2.26. The summed E-state index contributed by atoms with van der Waals surface area (Å²) in [4.78, 5) is 34.8. The number of aromatic nitrogens is 9. The van der Waals surface area contributed by atoms with E-state index in [1.807, 2.05) is 24.3 Å². The van der Waals surface area contributed by atoms with Gasteiger partial charge in [0.15, 0.2) is 11.6 Å². The summed E-state index contributed by atoms with van der Waals surface area (Å²) >= 11 is 0. The van der Waals surface area contributed by atoms with Gasteiger partial charge in [-0.25, -0.2) is 24.9 Å². The number of unbranched alkanes of at least 4 members (excludes halogenated alkanes) is 8. The van der Waals surface area contributed by atoms with Gasteiger partial charge in [0.1, 0.15) is 34.0 Å². The molecule has 0 bridgehead atoms. The molecule has 0 saturated carbocycles. The van der Waals surface area contributed by atoms with Gasteiger partial charge in [-0.2, -0.15) is 0 Å². The van der Waals surface area contributed by atoms with Gasteiger partial charge < -0.3 is 30.5 Å². The van der Waals surface area contributed by atoms with Crippen molar-refractivity contribution in [2.24, 2.45) is 5.41 Å². The highest BCUT2D eigenvalue weighted by atomic mass is 15.2. The van der Waals surface area contributed by atoms with Crippen molar-refractivity contribution in [2.75, 3.05) is 31.1 Å². The Morgan fingerprint density at radius 2 is 0.692 bits per heavy atom. The lowest BCUT2D eigenvalue weighted by Gasteiger charge is -2.36. The van der Waals surface area contributed by atoms with Crippen LogP contribution in [0.15, 0.2) is 146 Å². The van der Waals surface area contributed by atoms with E-state index in [4.69, 9.17) is 31.4 Å². The molecular formula is C93H128N14. The van der Waals surface area contributed by atoms with Crippen LogP contribution in [-0.4, -0.2) is 84.1 Å². The first-order chi connectivity index (χ1) is 51.5. The minimum Gasteiger partial charge on any atom is -0.382 e. The molecule has 6 heterocycles. The van der Waals surface area contributed by atoms with Gasteiger partial charge in [0, 0.05) is 85.8 Å². The standard InChI is InChI=1S/C32H44N4.C31H43N5.C30H41N5/c1-6-8-12-20-33-22-24-16-18-25(19-17-24)23-36-29(15-9-7-2)35-30-28(21-32(3,4)5)34-27-14-11-10-13-26(27)31(30)36;1-6-8-12-20-35(31(3,4)5)21-23-16-18-24(19-17-23)22-36-27(15-9-7-2)34-28-29(36)25-13-10-11-14-26(25)33-30(28)32;1-6-8-14-26-33-27-28(24-12-10-11-13-25(24)32-29(27)31)35(26)21-23-17-15-22(16-18-23)20-34(19-9-7-2)30(3,4)5/h10-11,13-14,16-19,33H,6-9,12,15,20-23H2,1-5H3;10-11,13-14,16-19H,6-9,12,15,20-22H2,1-5H3,(H2,32,33);10-13,15-18H,6-9,14,19-21H2,1-5H3,(H2,31,32). The summed E-state index contributed by atoms with van der Waals surface area (Å²) in [6, 6.07) is 52.5. The highest BCUT2D eigenvalue weighted by Crippen LogP contribution is 2.35. The molecule has 14 heteroatoms. The molecule has 12 aromatic rings. The summed E-state index contributed by atoms with van der Waals surface area (Å²) in [5, 5.41) is 7.01. The second-order valence-corrected chi connectivity index (χ2v) is 33.2. The molecule has 0 saturated heterocycles. The van der Waals surface area contributed by atoms with E-state index in [2.05, 4.69) is 264 Å². The molecule has 0 unspecified atom stereocenters. The number of para-hydroxylation sites is 3. The molecular weight excluding hydrogens is 1310 g/mol. The average Bonchev–Trinajstić information content (AvgIpc) is 1.63. The number of hydrogen-bond acceptors (Lipinski definition) is 11. The Morgan fingerprint density at radius 1 is 0.355 bits per heavy atom. The number of nitrogens with zero attached hydrogens (tertiary/aromatic N) is 11. The number of nitrogen functional groups attached to an aromatic ring is 2. The van der Waals surface area contributed by atoms with Crippen molar-refractivity contribution in [3.8, 4) is 0 Å². The van der Waals surface area contributed by atoms with E-state index >= 15 is 0 Å². The lowest BCUT2D eigenvalue weighted by Crippen LogP contribution is -2.41. The van der Waals surface area contributed by atoms with E-state index in [1.54, 1.807) is 0 Å². The van der Waals surface area contributed by atoms with Crippen molar-refractivity contribution < 1.29 is 0 Å².